The van der Waals surface area contributed by atoms with Gasteiger partial charge in [0.2, 0.25) is 5.78 Å². The van der Waals surface area contributed by atoms with Gasteiger partial charge in [0.15, 0.2) is 0 Å². The van der Waals surface area contributed by atoms with E-state index in [0.29, 0.717) is 17.2 Å². The molecule has 1 aliphatic heterocycles. The molecule has 4 aromatic rings. The van der Waals surface area contributed by atoms with Crippen LogP contribution >= 0.6 is 0 Å². The number of carbonyl (C=O) groups is 1. The number of hydrogen-bond acceptors (Lipinski definition) is 5. The van der Waals surface area contributed by atoms with Gasteiger partial charge in [-0.15, -0.1) is 0 Å². The highest BCUT2D eigenvalue weighted by molar-refractivity contribution is 6.11. The van der Waals surface area contributed by atoms with Gasteiger partial charge in [0.25, 0.3) is 0 Å². The number of nitrogens with two attached hydrogens (primary N) is 1. The van der Waals surface area contributed by atoms with Crippen LogP contribution < -0.4 is 10.6 Å². The monoisotopic (exact) mass is 434 g/mol. The van der Waals surface area contributed by atoms with Crippen molar-refractivity contribution in [2.75, 3.05) is 23.7 Å². The van der Waals surface area contributed by atoms with Crippen molar-refractivity contribution in [1.82, 2.24) is 9.97 Å². The number of benzene rings is 2. The van der Waals surface area contributed by atoms with Gasteiger partial charge in [0.1, 0.15) is 17.3 Å². The van der Waals surface area contributed by atoms with E-state index in [1.165, 1.54) is 5.56 Å². The minimum absolute atomic E-state index is 0.212. The Hall–Kier alpha value is -3.99. The second-order valence-corrected chi connectivity index (χ2v) is 8.43. The molecule has 1 aliphatic rings. The first kappa shape index (κ1) is 20.9. The Morgan fingerprint density at radius 3 is 2.45 bits per heavy atom. The summed E-state index contributed by atoms with van der Waals surface area (Å²) in [5, 5.41) is 0. The molecule has 1 saturated heterocycles. The lowest BCUT2D eigenvalue weighted by Crippen LogP contribution is -2.35. The predicted molar refractivity (Wildman–Crippen MR) is 132 cm³/mol. The fourth-order valence-corrected chi connectivity index (χ4v) is 4.49. The molecule has 1 atom stereocenters. The molecular formula is C28H26N4O. The van der Waals surface area contributed by atoms with E-state index in [0.717, 1.165) is 42.9 Å². The third-order valence-corrected chi connectivity index (χ3v) is 6.25. The molecule has 0 saturated carbocycles. The standard InChI is InChI=1S/C28H26N4O/c29-28-24(17-23(18-30-28)21-11-5-2-6-12-21)27(33)25-14-7-15-26(31-25)32-16-8-13-22(19-32)20-9-3-1-4-10-20/h1-7,9-12,14-15,17-18,22H,8,13,16,19H2,(H2,29,30). The van der Waals surface area contributed by atoms with Gasteiger partial charge < -0.3 is 10.6 Å². The van der Waals surface area contributed by atoms with Crippen molar-refractivity contribution in [1.29, 1.82) is 0 Å². The fourth-order valence-electron chi connectivity index (χ4n) is 4.49. The van der Waals surface area contributed by atoms with Crippen LogP contribution in [0.4, 0.5) is 11.6 Å². The topological polar surface area (TPSA) is 72.1 Å². The predicted octanol–water partition coefficient (Wildman–Crippen LogP) is 5.34. The zero-order valence-electron chi connectivity index (χ0n) is 18.4. The molecule has 5 rings (SSSR count). The Morgan fingerprint density at radius 2 is 1.67 bits per heavy atom. The number of piperidine rings is 1. The first-order chi connectivity index (χ1) is 16.2. The molecule has 5 nitrogen and oxygen atoms in total. The number of ketones is 1. The minimum Gasteiger partial charge on any atom is -0.383 e. The van der Waals surface area contributed by atoms with E-state index in [1.807, 2.05) is 48.5 Å². The quantitative estimate of drug-likeness (QED) is 0.429. The Labute approximate surface area is 193 Å². The Morgan fingerprint density at radius 1 is 0.909 bits per heavy atom. The van der Waals surface area contributed by atoms with Crippen molar-refractivity contribution < 1.29 is 4.79 Å². The minimum atomic E-state index is -0.212. The summed E-state index contributed by atoms with van der Waals surface area (Å²) >= 11 is 0. The van der Waals surface area contributed by atoms with Crippen LogP contribution in [0.1, 0.15) is 40.4 Å². The number of pyridine rings is 2. The van der Waals surface area contributed by atoms with Gasteiger partial charge in [0.05, 0.1) is 5.56 Å². The molecule has 0 radical (unpaired) electrons. The summed E-state index contributed by atoms with van der Waals surface area (Å²) < 4.78 is 0. The van der Waals surface area contributed by atoms with Gasteiger partial charge in [-0.05, 0) is 42.2 Å². The molecule has 2 aromatic carbocycles. The second-order valence-electron chi connectivity index (χ2n) is 8.43. The number of rotatable bonds is 5. The van der Waals surface area contributed by atoms with E-state index in [2.05, 4.69) is 34.1 Å². The van der Waals surface area contributed by atoms with Crippen molar-refractivity contribution in [3.05, 3.63) is 108 Å². The normalized spacial score (nSPS) is 15.9. The van der Waals surface area contributed by atoms with Gasteiger partial charge in [-0.25, -0.2) is 9.97 Å². The summed E-state index contributed by atoms with van der Waals surface area (Å²) in [5.74, 6) is 1.29. The van der Waals surface area contributed by atoms with Crippen molar-refractivity contribution in [2.24, 2.45) is 0 Å². The second kappa shape index (κ2) is 9.25. The van der Waals surface area contributed by atoms with Gasteiger partial charge in [-0.3, -0.25) is 4.79 Å². The maximum atomic E-state index is 13.4. The number of nitrogen functional groups attached to an aromatic ring is 1. The van der Waals surface area contributed by atoms with Crippen molar-refractivity contribution in [2.45, 2.75) is 18.8 Å². The number of nitrogens with zero attached hydrogens (tertiary/aromatic N) is 3. The molecule has 33 heavy (non-hydrogen) atoms. The summed E-state index contributed by atoms with van der Waals surface area (Å²) in [5.41, 5.74) is 10.1. The number of aromatic nitrogens is 2. The SMILES string of the molecule is Nc1ncc(-c2ccccc2)cc1C(=O)c1cccc(N2CCCC(c3ccccc3)C2)n1. The third kappa shape index (κ3) is 4.48. The first-order valence-corrected chi connectivity index (χ1v) is 11.3. The highest BCUT2D eigenvalue weighted by Gasteiger charge is 2.23. The summed E-state index contributed by atoms with van der Waals surface area (Å²) in [7, 11) is 0. The molecule has 164 valence electrons. The molecule has 1 unspecified atom stereocenters. The molecular weight excluding hydrogens is 408 g/mol. The summed E-state index contributed by atoms with van der Waals surface area (Å²) in [6, 6.07) is 27.9. The summed E-state index contributed by atoms with van der Waals surface area (Å²) in [4.78, 5) is 24.7. The maximum absolute atomic E-state index is 13.4. The van der Waals surface area contributed by atoms with E-state index in [1.54, 1.807) is 18.3 Å². The molecule has 0 aliphatic carbocycles. The third-order valence-electron chi connectivity index (χ3n) is 6.25. The number of anilines is 2. The largest absolute Gasteiger partial charge is 0.383 e. The van der Waals surface area contributed by atoms with Crippen LogP contribution in [0.15, 0.2) is 91.1 Å². The van der Waals surface area contributed by atoms with Crippen LogP contribution in [0.2, 0.25) is 0 Å². The molecule has 2 aromatic heterocycles. The van der Waals surface area contributed by atoms with Crippen LogP contribution in [-0.2, 0) is 0 Å². The lowest BCUT2D eigenvalue weighted by atomic mass is 9.90. The van der Waals surface area contributed by atoms with Crippen LogP contribution in [-0.4, -0.2) is 28.8 Å². The Balaban J connectivity index is 1.41. The molecule has 5 heteroatoms. The van der Waals surface area contributed by atoms with E-state index in [4.69, 9.17) is 10.7 Å². The molecule has 1 fully saturated rings. The summed E-state index contributed by atoms with van der Waals surface area (Å²) in [6.45, 7) is 1.82. The molecule has 0 bridgehead atoms. The smallest absolute Gasteiger partial charge is 0.215 e. The highest BCUT2D eigenvalue weighted by Crippen LogP contribution is 2.30. The van der Waals surface area contributed by atoms with Crippen molar-refractivity contribution in [3.8, 4) is 11.1 Å². The molecule has 0 amide bonds. The Bertz CT molecular complexity index is 1260. The van der Waals surface area contributed by atoms with Crippen LogP contribution in [0.25, 0.3) is 11.1 Å². The van der Waals surface area contributed by atoms with Gasteiger partial charge in [0, 0.05) is 30.8 Å². The maximum Gasteiger partial charge on any atom is 0.215 e. The Kier molecular flexibility index (Phi) is 5.85. The van der Waals surface area contributed by atoms with Gasteiger partial charge in [-0.1, -0.05) is 66.7 Å². The lowest BCUT2D eigenvalue weighted by Gasteiger charge is -2.34. The van der Waals surface area contributed by atoms with E-state index in [-0.39, 0.29) is 11.6 Å². The van der Waals surface area contributed by atoms with E-state index in [9.17, 15) is 4.79 Å². The van der Waals surface area contributed by atoms with Crippen LogP contribution in [0.3, 0.4) is 0 Å². The van der Waals surface area contributed by atoms with Gasteiger partial charge >= 0.3 is 0 Å². The highest BCUT2D eigenvalue weighted by atomic mass is 16.1. The molecule has 2 N–H and O–H groups in total. The van der Waals surface area contributed by atoms with Crippen molar-refractivity contribution in [3.63, 3.8) is 0 Å². The summed E-state index contributed by atoms with van der Waals surface area (Å²) in [6.07, 6.45) is 3.95. The average Bonchev–Trinajstić information content (AvgIpc) is 2.90. The fraction of sp³-hybridized carbons (Fsp3) is 0.179. The number of carbonyl (C=O) groups excluding carboxylic acids is 1. The number of hydrogen-bond donors (Lipinski definition) is 1. The van der Waals surface area contributed by atoms with Crippen LogP contribution in [0.5, 0.6) is 0 Å². The lowest BCUT2D eigenvalue weighted by molar-refractivity contribution is 0.103. The average molecular weight is 435 g/mol. The van der Waals surface area contributed by atoms with Crippen LogP contribution in [0, 0.1) is 0 Å². The van der Waals surface area contributed by atoms with E-state index < -0.39 is 0 Å². The first-order valence-electron chi connectivity index (χ1n) is 11.3. The molecule has 0 spiro atoms. The van der Waals surface area contributed by atoms with Gasteiger partial charge in [-0.2, -0.15) is 0 Å². The van der Waals surface area contributed by atoms with Crippen molar-refractivity contribution >= 4 is 17.4 Å². The van der Waals surface area contributed by atoms with E-state index >= 15 is 0 Å². The molecule has 3 heterocycles. The zero-order chi connectivity index (χ0) is 22.6. The zero-order valence-corrected chi connectivity index (χ0v) is 18.4.